The minimum atomic E-state index is -0.181. The Morgan fingerprint density at radius 1 is 0.912 bits per heavy atom. The molecular formula is C27H28BrN3O3. The molecule has 6 nitrogen and oxygen atoms in total. The van der Waals surface area contributed by atoms with Crippen LogP contribution in [0.2, 0.25) is 0 Å². The zero-order valence-electron chi connectivity index (χ0n) is 19.4. The van der Waals surface area contributed by atoms with E-state index in [1.165, 1.54) is 0 Å². The quantitative estimate of drug-likeness (QED) is 0.473. The summed E-state index contributed by atoms with van der Waals surface area (Å²) < 4.78 is 6.25. The number of ether oxygens (including phenoxy) is 1. The summed E-state index contributed by atoms with van der Waals surface area (Å²) in [6.07, 6.45) is 0. The molecule has 0 saturated carbocycles. The highest BCUT2D eigenvalue weighted by atomic mass is 79.9. The summed E-state index contributed by atoms with van der Waals surface area (Å²) in [6, 6.07) is 20.8. The SMILES string of the molecule is CCOc1ccc(C(=O)Nc2ccc(N3CCN(C(=O)c4ccc(C)cc4)CC3)cc2)cc1Br. The Morgan fingerprint density at radius 2 is 1.56 bits per heavy atom. The maximum atomic E-state index is 12.7. The van der Waals surface area contributed by atoms with Gasteiger partial charge in [0.1, 0.15) is 5.75 Å². The van der Waals surface area contributed by atoms with Crippen molar-refractivity contribution < 1.29 is 14.3 Å². The van der Waals surface area contributed by atoms with E-state index >= 15 is 0 Å². The average molecular weight is 522 g/mol. The lowest BCUT2D eigenvalue weighted by molar-refractivity contribution is 0.0746. The second-order valence-electron chi connectivity index (χ2n) is 8.22. The lowest BCUT2D eigenvalue weighted by Gasteiger charge is -2.36. The van der Waals surface area contributed by atoms with Gasteiger partial charge in [-0.05, 0) is 84.4 Å². The van der Waals surface area contributed by atoms with E-state index in [2.05, 4.69) is 26.1 Å². The molecule has 0 aromatic heterocycles. The van der Waals surface area contributed by atoms with Gasteiger partial charge >= 0.3 is 0 Å². The number of rotatable bonds is 6. The zero-order chi connectivity index (χ0) is 24.1. The number of carbonyl (C=O) groups is 2. The molecule has 0 aliphatic carbocycles. The third-order valence-electron chi connectivity index (χ3n) is 5.85. The Labute approximate surface area is 208 Å². The molecule has 176 valence electrons. The molecule has 0 spiro atoms. The summed E-state index contributed by atoms with van der Waals surface area (Å²) in [7, 11) is 0. The molecule has 3 aromatic rings. The molecule has 0 atom stereocenters. The highest BCUT2D eigenvalue weighted by Crippen LogP contribution is 2.27. The monoisotopic (exact) mass is 521 g/mol. The average Bonchev–Trinajstić information content (AvgIpc) is 2.86. The molecule has 0 unspecified atom stereocenters. The fourth-order valence-corrected chi connectivity index (χ4v) is 4.41. The first-order valence-electron chi connectivity index (χ1n) is 11.4. The summed E-state index contributed by atoms with van der Waals surface area (Å²) >= 11 is 3.45. The Hall–Kier alpha value is -3.32. The molecule has 1 heterocycles. The number of nitrogens with zero attached hydrogens (tertiary/aromatic N) is 2. The fourth-order valence-electron chi connectivity index (χ4n) is 3.92. The molecule has 3 aromatic carbocycles. The third-order valence-corrected chi connectivity index (χ3v) is 6.47. The Balaban J connectivity index is 1.32. The Kier molecular flexibility index (Phi) is 7.53. The molecule has 1 N–H and O–H groups in total. The van der Waals surface area contributed by atoms with E-state index in [0.29, 0.717) is 31.0 Å². The van der Waals surface area contributed by atoms with Crippen LogP contribution in [0.5, 0.6) is 5.75 Å². The molecule has 4 rings (SSSR count). The summed E-state index contributed by atoms with van der Waals surface area (Å²) in [4.78, 5) is 29.6. The van der Waals surface area contributed by atoms with E-state index in [4.69, 9.17) is 4.74 Å². The number of amides is 2. The summed E-state index contributed by atoms with van der Waals surface area (Å²) in [5, 5.41) is 2.94. The lowest BCUT2D eigenvalue weighted by atomic mass is 10.1. The first kappa shape index (κ1) is 23.8. The number of piperazine rings is 1. The molecule has 0 radical (unpaired) electrons. The standard InChI is InChI=1S/C27H28BrN3O3/c1-3-34-25-13-8-21(18-24(25)28)26(32)29-22-9-11-23(12-10-22)30-14-16-31(17-15-30)27(33)20-6-4-19(2)5-7-20/h4-13,18H,3,14-17H2,1-2H3,(H,29,32). The fraction of sp³-hybridized carbons (Fsp3) is 0.259. The van der Waals surface area contributed by atoms with Crippen molar-refractivity contribution in [3.63, 3.8) is 0 Å². The van der Waals surface area contributed by atoms with Gasteiger partial charge in [-0.15, -0.1) is 0 Å². The molecule has 34 heavy (non-hydrogen) atoms. The van der Waals surface area contributed by atoms with Crippen molar-refractivity contribution in [2.24, 2.45) is 0 Å². The van der Waals surface area contributed by atoms with Crippen LogP contribution in [0.15, 0.2) is 71.2 Å². The Morgan fingerprint density at radius 3 is 2.18 bits per heavy atom. The second-order valence-corrected chi connectivity index (χ2v) is 9.08. The van der Waals surface area contributed by atoms with Crippen LogP contribution in [-0.2, 0) is 0 Å². The number of nitrogens with one attached hydrogen (secondary N) is 1. The predicted molar refractivity (Wildman–Crippen MR) is 139 cm³/mol. The molecule has 1 aliphatic heterocycles. The van der Waals surface area contributed by atoms with Crippen molar-refractivity contribution in [3.8, 4) is 5.75 Å². The smallest absolute Gasteiger partial charge is 0.255 e. The van der Waals surface area contributed by atoms with Crippen molar-refractivity contribution in [1.29, 1.82) is 0 Å². The molecule has 1 fully saturated rings. The number of halogens is 1. The van der Waals surface area contributed by atoms with Crippen LogP contribution >= 0.6 is 15.9 Å². The largest absolute Gasteiger partial charge is 0.493 e. The van der Waals surface area contributed by atoms with E-state index in [0.717, 1.165) is 40.1 Å². The van der Waals surface area contributed by atoms with Crippen LogP contribution < -0.4 is 15.0 Å². The first-order valence-corrected chi connectivity index (χ1v) is 12.2. The highest BCUT2D eigenvalue weighted by Gasteiger charge is 2.22. The van der Waals surface area contributed by atoms with Gasteiger partial charge in [-0.25, -0.2) is 0 Å². The second kappa shape index (κ2) is 10.7. The van der Waals surface area contributed by atoms with Gasteiger partial charge in [0.2, 0.25) is 0 Å². The first-order chi connectivity index (χ1) is 16.4. The van der Waals surface area contributed by atoms with Crippen molar-refractivity contribution in [2.45, 2.75) is 13.8 Å². The molecule has 2 amide bonds. The van der Waals surface area contributed by atoms with Gasteiger partial charge in [0.25, 0.3) is 11.8 Å². The maximum absolute atomic E-state index is 12.7. The molecular weight excluding hydrogens is 494 g/mol. The van der Waals surface area contributed by atoms with Gasteiger partial charge in [0, 0.05) is 48.7 Å². The molecule has 1 aliphatic rings. The van der Waals surface area contributed by atoms with Crippen molar-refractivity contribution >= 4 is 39.1 Å². The number of benzene rings is 3. The van der Waals surface area contributed by atoms with Gasteiger partial charge in [0.05, 0.1) is 11.1 Å². The third kappa shape index (κ3) is 5.59. The van der Waals surface area contributed by atoms with Gasteiger partial charge in [-0.3, -0.25) is 9.59 Å². The minimum Gasteiger partial charge on any atom is -0.493 e. The normalized spacial score (nSPS) is 13.5. The molecule has 0 bridgehead atoms. The van der Waals surface area contributed by atoms with Crippen molar-refractivity contribution in [1.82, 2.24) is 4.90 Å². The number of anilines is 2. The summed E-state index contributed by atoms with van der Waals surface area (Å²) in [5.41, 5.74) is 4.23. The van der Waals surface area contributed by atoms with Gasteiger partial charge in [-0.1, -0.05) is 17.7 Å². The van der Waals surface area contributed by atoms with E-state index in [9.17, 15) is 9.59 Å². The van der Waals surface area contributed by atoms with E-state index in [-0.39, 0.29) is 11.8 Å². The van der Waals surface area contributed by atoms with Crippen LogP contribution in [0.1, 0.15) is 33.2 Å². The van der Waals surface area contributed by atoms with Gasteiger partial charge < -0.3 is 19.9 Å². The topological polar surface area (TPSA) is 61.9 Å². The number of carbonyl (C=O) groups excluding carboxylic acids is 2. The molecule has 7 heteroatoms. The van der Waals surface area contributed by atoms with Crippen LogP contribution in [0.3, 0.4) is 0 Å². The van der Waals surface area contributed by atoms with Crippen molar-refractivity contribution in [2.75, 3.05) is 43.0 Å². The maximum Gasteiger partial charge on any atom is 0.255 e. The zero-order valence-corrected chi connectivity index (χ0v) is 21.0. The number of aryl methyl sites for hydroxylation is 1. The summed E-state index contributed by atoms with van der Waals surface area (Å²) in [5.74, 6) is 0.613. The Bertz CT molecular complexity index is 1150. The molecule has 1 saturated heterocycles. The summed E-state index contributed by atoms with van der Waals surface area (Å²) in [6.45, 7) is 7.39. The van der Waals surface area contributed by atoms with Gasteiger partial charge in [0.15, 0.2) is 0 Å². The van der Waals surface area contributed by atoms with Crippen LogP contribution in [-0.4, -0.2) is 49.5 Å². The number of hydrogen-bond donors (Lipinski definition) is 1. The minimum absolute atomic E-state index is 0.0821. The van der Waals surface area contributed by atoms with E-state index in [1.807, 2.05) is 67.3 Å². The van der Waals surface area contributed by atoms with Crippen LogP contribution in [0.25, 0.3) is 0 Å². The van der Waals surface area contributed by atoms with Crippen LogP contribution in [0, 0.1) is 6.92 Å². The highest BCUT2D eigenvalue weighted by molar-refractivity contribution is 9.10. The number of hydrogen-bond acceptors (Lipinski definition) is 4. The van der Waals surface area contributed by atoms with Crippen molar-refractivity contribution in [3.05, 3.63) is 87.9 Å². The van der Waals surface area contributed by atoms with Crippen LogP contribution in [0.4, 0.5) is 11.4 Å². The van der Waals surface area contributed by atoms with Gasteiger partial charge in [-0.2, -0.15) is 0 Å². The van der Waals surface area contributed by atoms with E-state index in [1.54, 1.807) is 18.2 Å². The predicted octanol–water partition coefficient (Wildman–Crippen LogP) is 5.37. The lowest BCUT2D eigenvalue weighted by Crippen LogP contribution is -2.48. The van der Waals surface area contributed by atoms with E-state index < -0.39 is 0 Å².